The zero-order valence-corrected chi connectivity index (χ0v) is 12.3. The van der Waals surface area contributed by atoms with Crippen molar-refractivity contribution in [2.24, 2.45) is 0 Å². The summed E-state index contributed by atoms with van der Waals surface area (Å²) in [4.78, 5) is 15.8. The first kappa shape index (κ1) is 16.2. The van der Waals surface area contributed by atoms with Crippen molar-refractivity contribution in [2.45, 2.75) is 52.6 Å². The Morgan fingerprint density at radius 2 is 1.65 bits per heavy atom. The molecule has 0 saturated heterocycles. The van der Waals surface area contributed by atoms with Gasteiger partial charge in [0.05, 0.1) is 0 Å². The maximum absolute atomic E-state index is 11.8. The summed E-state index contributed by atoms with van der Waals surface area (Å²) in [7, 11) is 3.95. The summed E-state index contributed by atoms with van der Waals surface area (Å²) in [5, 5.41) is 2.95. The average Bonchev–Trinajstić information content (AvgIpc) is 2.35. The van der Waals surface area contributed by atoms with Gasteiger partial charge in [-0.2, -0.15) is 0 Å². The molecular formula is C13H29N3O. The van der Waals surface area contributed by atoms with E-state index in [-0.39, 0.29) is 6.03 Å². The predicted octanol–water partition coefficient (Wildman–Crippen LogP) is 2.16. The molecule has 0 rings (SSSR count). The Kier molecular flexibility index (Phi) is 7.96. The summed E-state index contributed by atoms with van der Waals surface area (Å²) >= 11 is 0. The standard InChI is InChI=1S/C13H29N3O/c1-7-11(3)15(5)10-9-14-13(17)16(6)12(4)8-2/h11-12H,7-10H2,1-6H3,(H,14,17)/t11-,12-/m0/s1. The first-order chi connectivity index (χ1) is 7.93. The molecule has 0 radical (unpaired) electrons. The Labute approximate surface area is 106 Å². The number of urea groups is 1. The smallest absolute Gasteiger partial charge is 0.317 e. The highest BCUT2D eigenvalue weighted by Gasteiger charge is 2.13. The van der Waals surface area contributed by atoms with E-state index < -0.39 is 0 Å². The third kappa shape index (κ3) is 5.91. The Bertz CT molecular complexity index is 221. The quantitative estimate of drug-likeness (QED) is 0.744. The second-order valence-corrected chi connectivity index (χ2v) is 4.84. The number of likely N-dealkylation sites (N-methyl/N-ethyl adjacent to an activating group) is 1. The maximum Gasteiger partial charge on any atom is 0.317 e. The molecule has 0 aliphatic rings. The van der Waals surface area contributed by atoms with Gasteiger partial charge >= 0.3 is 6.03 Å². The van der Waals surface area contributed by atoms with Crippen LogP contribution in [0.4, 0.5) is 4.79 Å². The molecule has 0 aromatic rings. The van der Waals surface area contributed by atoms with Gasteiger partial charge in [0.25, 0.3) is 0 Å². The highest BCUT2D eigenvalue weighted by atomic mass is 16.2. The van der Waals surface area contributed by atoms with Crippen molar-refractivity contribution in [1.29, 1.82) is 0 Å². The van der Waals surface area contributed by atoms with Crippen molar-refractivity contribution in [1.82, 2.24) is 15.1 Å². The molecule has 0 heterocycles. The van der Waals surface area contributed by atoms with E-state index in [0.717, 1.165) is 19.4 Å². The zero-order valence-electron chi connectivity index (χ0n) is 12.3. The predicted molar refractivity (Wildman–Crippen MR) is 73.3 cm³/mol. The molecule has 0 aliphatic carbocycles. The van der Waals surface area contributed by atoms with Crippen molar-refractivity contribution >= 4 is 6.03 Å². The van der Waals surface area contributed by atoms with Gasteiger partial charge in [-0.05, 0) is 33.7 Å². The molecule has 0 fully saturated rings. The number of hydrogen-bond acceptors (Lipinski definition) is 2. The van der Waals surface area contributed by atoms with Gasteiger partial charge in [-0.1, -0.05) is 13.8 Å². The van der Waals surface area contributed by atoms with Crippen LogP contribution in [-0.2, 0) is 0 Å². The number of carbonyl (C=O) groups excluding carboxylic acids is 1. The molecule has 17 heavy (non-hydrogen) atoms. The minimum atomic E-state index is 0.0249. The van der Waals surface area contributed by atoms with Crippen LogP contribution in [-0.4, -0.2) is 55.1 Å². The number of nitrogens with zero attached hydrogens (tertiary/aromatic N) is 2. The van der Waals surface area contributed by atoms with Crippen LogP contribution < -0.4 is 5.32 Å². The molecule has 0 aromatic carbocycles. The molecule has 4 nitrogen and oxygen atoms in total. The fourth-order valence-electron chi connectivity index (χ4n) is 1.47. The average molecular weight is 243 g/mol. The number of amides is 2. The lowest BCUT2D eigenvalue weighted by Crippen LogP contribution is -2.45. The molecule has 4 heteroatoms. The molecule has 0 saturated carbocycles. The van der Waals surface area contributed by atoms with Crippen LogP contribution in [0, 0.1) is 0 Å². The number of rotatable bonds is 7. The van der Waals surface area contributed by atoms with Gasteiger partial charge in [-0.25, -0.2) is 4.79 Å². The summed E-state index contributed by atoms with van der Waals surface area (Å²) in [5.41, 5.74) is 0. The molecular weight excluding hydrogens is 214 g/mol. The summed E-state index contributed by atoms with van der Waals surface area (Å²) in [5.74, 6) is 0. The van der Waals surface area contributed by atoms with Crippen LogP contribution in [0.15, 0.2) is 0 Å². The number of nitrogens with one attached hydrogen (secondary N) is 1. The highest BCUT2D eigenvalue weighted by molar-refractivity contribution is 5.74. The van der Waals surface area contributed by atoms with Gasteiger partial charge in [0.15, 0.2) is 0 Å². The minimum absolute atomic E-state index is 0.0249. The van der Waals surface area contributed by atoms with Crippen LogP contribution in [0.1, 0.15) is 40.5 Å². The van der Waals surface area contributed by atoms with Gasteiger partial charge in [-0.3, -0.25) is 0 Å². The molecule has 1 N–H and O–H groups in total. The van der Waals surface area contributed by atoms with Crippen LogP contribution in [0.25, 0.3) is 0 Å². The first-order valence-electron chi connectivity index (χ1n) is 6.64. The number of carbonyl (C=O) groups is 1. The lowest BCUT2D eigenvalue weighted by Gasteiger charge is -2.26. The maximum atomic E-state index is 11.8. The highest BCUT2D eigenvalue weighted by Crippen LogP contribution is 2.01. The fourth-order valence-corrected chi connectivity index (χ4v) is 1.47. The van der Waals surface area contributed by atoms with Crippen LogP contribution in [0.2, 0.25) is 0 Å². The lowest BCUT2D eigenvalue weighted by molar-refractivity contribution is 0.188. The first-order valence-corrected chi connectivity index (χ1v) is 6.64. The number of hydrogen-bond donors (Lipinski definition) is 1. The van der Waals surface area contributed by atoms with Crippen LogP contribution >= 0.6 is 0 Å². The van der Waals surface area contributed by atoms with Crippen molar-refractivity contribution < 1.29 is 4.79 Å². The van der Waals surface area contributed by atoms with E-state index in [1.807, 2.05) is 7.05 Å². The molecule has 0 bridgehead atoms. The van der Waals surface area contributed by atoms with Gasteiger partial charge < -0.3 is 15.1 Å². The van der Waals surface area contributed by atoms with Crippen LogP contribution in [0.3, 0.4) is 0 Å². The molecule has 0 unspecified atom stereocenters. The minimum Gasteiger partial charge on any atom is -0.337 e. The van der Waals surface area contributed by atoms with E-state index in [1.165, 1.54) is 0 Å². The summed E-state index contributed by atoms with van der Waals surface area (Å²) in [6, 6.07) is 0.887. The molecule has 0 aromatic heterocycles. The van der Waals surface area contributed by atoms with Crippen molar-refractivity contribution in [3.63, 3.8) is 0 Å². The molecule has 2 atom stereocenters. The van der Waals surface area contributed by atoms with Crippen molar-refractivity contribution in [3.05, 3.63) is 0 Å². The summed E-state index contributed by atoms with van der Waals surface area (Å²) in [6.07, 6.45) is 2.12. The largest absolute Gasteiger partial charge is 0.337 e. The third-order valence-electron chi connectivity index (χ3n) is 3.66. The van der Waals surface area contributed by atoms with E-state index >= 15 is 0 Å². The topological polar surface area (TPSA) is 35.6 Å². The van der Waals surface area contributed by atoms with Gasteiger partial charge in [0.1, 0.15) is 0 Å². The zero-order chi connectivity index (χ0) is 13.4. The van der Waals surface area contributed by atoms with Gasteiger partial charge in [-0.15, -0.1) is 0 Å². The Balaban J connectivity index is 3.85. The van der Waals surface area contributed by atoms with E-state index in [2.05, 4.69) is 45.0 Å². The monoisotopic (exact) mass is 243 g/mol. The molecule has 0 aliphatic heterocycles. The van der Waals surface area contributed by atoms with E-state index in [9.17, 15) is 4.79 Å². The van der Waals surface area contributed by atoms with Crippen molar-refractivity contribution in [2.75, 3.05) is 27.2 Å². The van der Waals surface area contributed by atoms with E-state index in [0.29, 0.717) is 18.6 Å². The molecule has 0 spiro atoms. The SMILES string of the molecule is CC[C@H](C)N(C)CCNC(=O)N(C)[C@@H](C)CC. The summed E-state index contributed by atoms with van der Waals surface area (Å²) < 4.78 is 0. The van der Waals surface area contributed by atoms with Gasteiger partial charge in [0.2, 0.25) is 0 Å². The van der Waals surface area contributed by atoms with E-state index in [1.54, 1.807) is 4.90 Å². The Morgan fingerprint density at radius 3 is 2.12 bits per heavy atom. The normalized spacial score (nSPS) is 14.5. The van der Waals surface area contributed by atoms with E-state index in [4.69, 9.17) is 0 Å². The van der Waals surface area contributed by atoms with Gasteiger partial charge in [0, 0.05) is 32.2 Å². The second-order valence-electron chi connectivity index (χ2n) is 4.84. The third-order valence-corrected chi connectivity index (χ3v) is 3.66. The Hall–Kier alpha value is -0.770. The Morgan fingerprint density at radius 1 is 1.12 bits per heavy atom. The fraction of sp³-hybridized carbons (Fsp3) is 0.923. The van der Waals surface area contributed by atoms with Crippen LogP contribution in [0.5, 0.6) is 0 Å². The lowest BCUT2D eigenvalue weighted by atomic mass is 10.2. The molecule has 2 amide bonds. The van der Waals surface area contributed by atoms with Crippen molar-refractivity contribution in [3.8, 4) is 0 Å². The molecule has 102 valence electrons. The second kappa shape index (κ2) is 8.34. The summed E-state index contributed by atoms with van der Waals surface area (Å²) in [6.45, 7) is 10.1.